The van der Waals surface area contributed by atoms with E-state index in [-0.39, 0.29) is 5.91 Å². The maximum Gasteiger partial charge on any atom is 0.216 e. The third kappa shape index (κ3) is 4.78. The molecule has 0 aliphatic carbocycles. The Hall–Kier alpha value is -1.95. The normalized spacial score (nSPS) is 20.6. The van der Waals surface area contributed by atoms with Crippen LogP contribution in [0.2, 0.25) is 0 Å². The Labute approximate surface area is 149 Å². The van der Waals surface area contributed by atoms with E-state index in [2.05, 4.69) is 16.3 Å². The van der Waals surface area contributed by atoms with Crippen LogP contribution in [0.1, 0.15) is 31.7 Å². The van der Waals surface area contributed by atoms with Crippen molar-refractivity contribution in [1.82, 2.24) is 10.2 Å². The predicted molar refractivity (Wildman–Crippen MR) is 95.3 cm³/mol. The smallest absolute Gasteiger partial charge is 0.216 e. The zero-order valence-electron chi connectivity index (χ0n) is 15.2. The molecular formula is C19H28N2O4. The van der Waals surface area contributed by atoms with Gasteiger partial charge in [-0.25, -0.2) is 0 Å². The summed E-state index contributed by atoms with van der Waals surface area (Å²) < 4.78 is 17.1. The van der Waals surface area contributed by atoms with Crippen molar-refractivity contribution in [3.63, 3.8) is 0 Å². The van der Waals surface area contributed by atoms with Crippen LogP contribution >= 0.6 is 0 Å². The van der Waals surface area contributed by atoms with Gasteiger partial charge in [0.15, 0.2) is 11.5 Å². The lowest BCUT2D eigenvalue weighted by atomic mass is 9.97. The molecule has 1 aromatic carbocycles. The van der Waals surface area contributed by atoms with E-state index in [4.69, 9.17) is 14.2 Å². The number of carbonyl (C=O) groups is 1. The number of hydrogen-bond acceptors (Lipinski definition) is 5. The van der Waals surface area contributed by atoms with Crippen LogP contribution in [0.3, 0.4) is 0 Å². The molecule has 1 fully saturated rings. The number of fused-ring (bicyclic) bond motifs is 1. The van der Waals surface area contributed by atoms with Crippen molar-refractivity contribution < 1.29 is 19.0 Å². The molecule has 2 aliphatic rings. The SMILES string of the molecule is COc1cc2c(cc1CN1CCCC(CNC(C)=O)C1)OCCCO2. The average molecular weight is 348 g/mol. The van der Waals surface area contributed by atoms with E-state index < -0.39 is 0 Å². The quantitative estimate of drug-likeness (QED) is 0.884. The van der Waals surface area contributed by atoms with E-state index in [0.29, 0.717) is 19.1 Å². The van der Waals surface area contributed by atoms with Crippen molar-refractivity contribution in [1.29, 1.82) is 0 Å². The van der Waals surface area contributed by atoms with Crippen molar-refractivity contribution >= 4 is 5.91 Å². The van der Waals surface area contributed by atoms with Gasteiger partial charge in [0.05, 0.1) is 20.3 Å². The average Bonchev–Trinajstić information content (AvgIpc) is 2.84. The number of amides is 1. The Morgan fingerprint density at radius 3 is 2.76 bits per heavy atom. The highest BCUT2D eigenvalue weighted by molar-refractivity contribution is 5.72. The first kappa shape index (κ1) is 17.9. The molecule has 0 spiro atoms. The molecule has 0 saturated carbocycles. The number of hydrogen-bond donors (Lipinski definition) is 1. The molecule has 1 atom stereocenters. The molecule has 6 heteroatoms. The summed E-state index contributed by atoms with van der Waals surface area (Å²) in [7, 11) is 1.69. The summed E-state index contributed by atoms with van der Waals surface area (Å²) in [6.45, 7) is 6.55. The second-order valence-electron chi connectivity index (χ2n) is 6.84. The molecule has 0 bridgehead atoms. The Kier molecular flexibility index (Phi) is 6.02. The van der Waals surface area contributed by atoms with Crippen LogP contribution in [-0.2, 0) is 11.3 Å². The van der Waals surface area contributed by atoms with Crippen LogP contribution in [0, 0.1) is 5.92 Å². The molecule has 0 aromatic heterocycles. The Bertz CT molecular complexity index is 605. The second-order valence-corrected chi connectivity index (χ2v) is 6.84. The number of piperidine rings is 1. The van der Waals surface area contributed by atoms with Crippen LogP contribution in [0.15, 0.2) is 12.1 Å². The zero-order chi connectivity index (χ0) is 17.6. The monoisotopic (exact) mass is 348 g/mol. The number of nitrogens with zero attached hydrogens (tertiary/aromatic N) is 1. The summed E-state index contributed by atoms with van der Waals surface area (Å²) in [5, 5.41) is 2.94. The Balaban J connectivity index is 1.68. The van der Waals surface area contributed by atoms with Gasteiger partial charge in [-0.1, -0.05) is 0 Å². The van der Waals surface area contributed by atoms with E-state index in [9.17, 15) is 4.79 Å². The van der Waals surface area contributed by atoms with Gasteiger partial charge >= 0.3 is 0 Å². The summed E-state index contributed by atoms with van der Waals surface area (Å²) in [4.78, 5) is 13.6. The highest BCUT2D eigenvalue weighted by Gasteiger charge is 2.22. The molecule has 1 amide bonds. The first-order chi connectivity index (χ1) is 12.2. The fourth-order valence-corrected chi connectivity index (χ4v) is 3.54. The molecule has 25 heavy (non-hydrogen) atoms. The number of nitrogens with one attached hydrogen (secondary N) is 1. The maximum absolute atomic E-state index is 11.1. The van der Waals surface area contributed by atoms with Crippen molar-refractivity contribution in [2.75, 3.05) is 40.0 Å². The summed E-state index contributed by atoms with van der Waals surface area (Å²) in [6, 6.07) is 3.99. The molecule has 3 rings (SSSR count). The minimum absolute atomic E-state index is 0.0432. The van der Waals surface area contributed by atoms with Crippen molar-refractivity contribution in [3.05, 3.63) is 17.7 Å². The van der Waals surface area contributed by atoms with Crippen LogP contribution in [-0.4, -0.2) is 50.8 Å². The fourth-order valence-electron chi connectivity index (χ4n) is 3.54. The number of benzene rings is 1. The number of rotatable bonds is 5. The molecule has 1 unspecified atom stereocenters. The van der Waals surface area contributed by atoms with Crippen LogP contribution in [0.25, 0.3) is 0 Å². The molecule has 1 aromatic rings. The van der Waals surface area contributed by atoms with Gasteiger partial charge in [-0.15, -0.1) is 0 Å². The van der Waals surface area contributed by atoms with Crippen molar-refractivity contribution in [3.8, 4) is 17.2 Å². The standard InChI is InChI=1S/C19H28N2O4/c1-14(22)20-11-15-5-3-6-21(12-15)13-16-9-18-19(10-17(16)23-2)25-8-4-7-24-18/h9-10,15H,3-8,11-13H2,1-2H3,(H,20,22). The van der Waals surface area contributed by atoms with Gasteiger partial charge in [0.1, 0.15) is 5.75 Å². The van der Waals surface area contributed by atoms with Gasteiger partial charge in [0.2, 0.25) is 5.91 Å². The first-order valence-corrected chi connectivity index (χ1v) is 9.09. The van der Waals surface area contributed by atoms with Gasteiger partial charge in [-0.2, -0.15) is 0 Å². The summed E-state index contributed by atoms with van der Waals surface area (Å²) >= 11 is 0. The van der Waals surface area contributed by atoms with Gasteiger partial charge in [0.25, 0.3) is 0 Å². The predicted octanol–water partition coefficient (Wildman–Crippen LogP) is 2.20. The third-order valence-electron chi connectivity index (χ3n) is 4.79. The third-order valence-corrected chi connectivity index (χ3v) is 4.79. The van der Waals surface area contributed by atoms with Gasteiger partial charge in [-0.3, -0.25) is 9.69 Å². The molecule has 0 radical (unpaired) electrons. The fraction of sp³-hybridized carbons (Fsp3) is 0.632. The lowest BCUT2D eigenvalue weighted by Gasteiger charge is -2.33. The lowest BCUT2D eigenvalue weighted by molar-refractivity contribution is -0.119. The molecule has 1 N–H and O–H groups in total. The highest BCUT2D eigenvalue weighted by Crippen LogP contribution is 2.37. The molecular weight excluding hydrogens is 320 g/mol. The minimum Gasteiger partial charge on any atom is -0.496 e. The lowest BCUT2D eigenvalue weighted by Crippen LogP contribution is -2.40. The van der Waals surface area contributed by atoms with E-state index in [1.807, 2.05) is 6.07 Å². The van der Waals surface area contributed by atoms with E-state index >= 15 is 0 Å². The first-order valence-electron chi connectivity index (χ1n) is 9.09. The summed E-state index contributed by atoms with van der Waals surface area (Å²) in [6.07, 6.45) is 3.20. The number of likely N-dealkylation sites (tertiary alicyclic amines) is 1. The largest absolute Gasteiger partial charge is 0.496 e. The molecule has 6 nitrogen and oxygen atoms in total. The van der Waals surface area contributed by atoms with Gasteiger partial charge in [-0.05, 0) is 31.4 Å². The molecule has 1 saturated heterocycles. The van der Waals surface area contributed by atoms with E-state index in [1.165, 1.54) is 0 Å². The maximum atomic E-state index is 11.1. The Morgan fingerprint density at radius 2 is 2.04 bits per heavy atom. The van der Waals surface area contributed by atoms with Crippen LogP contribution in [0.4, 0.5) is 0 Å². The van der Waals surface area contributed by atoms with E-state index in [0.717, 1.165) is 68.3 Å². The summed E-state index contributed by atoms with van der Waals surface area (Å²) in [5.41, 5.74) is 1.12. The molecule has 2 aliphatic heterocycles. The minimum atomic E-state index is 0.0432. The van der Waals surface area contributed by atoms with Crippen molar-refractivity contribution in [2.24, 2.45) is 5.92 Å². The van der Waals surface area contributed by atoms with Crippen molar-refractivity contribution in [2.45, 2.75) is 32.7 Å². The summed E-state index contributed by atoms with van der Waals surface area (Å²) in [5.74, 6) is 2.96. The molecule has 138 valence electrons. The second kappa shape index (κ2) is 8.43. The van der Waals surface area contributed by atoms with Gasteiger partial charge in [0, 0.05) is 44.6 Å². The van der Waals surface area contributed by atoms with E-state index in [1.54, 1.807) is 14.0 Å². The van der Waals surface area contributed by atoms with Gasteiger partial charge < -0.3 is 19.5 Å². The van der Waals surface area contributed by atoms with Crippen LogP contribution in [0.5, 0.6) is 17.2 Å². The highest BCUT2D eigenvalue weighted by atomic mass is 16.5. The van der Waals surface area contributed by atoms with Crippen LogP contribution < -0.4 is 19.5 Å². The Morgan fingerprint density at radius 1 is 1.28 bits per heavy atom. The zero-order valence-corrected chi connectivity index (χ0v) is 15.2. The number of ether oxygens (including phenoxy) is 3. The topological polar surface area (TPSA) is 60.0 Å². The molecule has 2 heterocycles. The number of methoxy groups -OCH3 is 1. The number of carbonyl (C=O) groups excluding carboxylic acids is 1.